The first-order valence-electron chi connectivity index (χ1n) is 3.72. The van der Waals surface area contributed by atoms with Crippen LogP contribution in [-0.4, -0.2) is 19.3 Å². The van der Waals surface area contributed by atoms with Crippen LogP contribution in [0.4, 0.5) is 0 Å². The van der Waals surface area contributed by atoms with Gasteiger partial charge in [-0.05, 0) is 25.8 Å². The van der Waals surface area contributed by atoms with Gasteiger partial charge in [0.15, 0.2) is 0 Å². The Morgan fingerprint density at radius 2 is 2.50 bits per heavy atom. The molecule has 10 heavy (non-hydrogen) atoms. The van der Waals surface area contributed by atoms with Gasteiger partial charge < -0.3 is 5.32 Å². The summed E-state index contributed by atoms with van der Waals surface area (Å²) in [5.41, 5.74) is 2.44. The fraction of sp³-hybridized carbons (Fsp3) is 0.625. The quantitative estimate of drug-likeness (QED) is 0.612. The van der Waals surface area contributed by atoms with Gasteiger partial charge in [0.2, 0.25) is 0 Å². The highest BCUT2D eigenvalue weighted by Gasteiger charge is 2.01. The zero-order valence-electron chi connectivity index (χ0n) is 6.65. The lowest BCUT2D eigenvalue weighted by atomic mass is 10.2. The lowest BCUT2D eigenvalue weighted by molar-refractivity contribution is 0.950. The summed E-state index contributed by atoms with van der Waals surface area (Å²) < 4.78 is 0. The molecule has 1 rings (SSSR count). The summed E-state index contributed by atoms with van der Waals surface area (Å²) in [4.78, 5) is 4.32. The first-order chi connectivity index (χ1) is 4.83. The van der Waals surface area contributed by atoms with Crippen molar-refractivity contribution in [3.63, 3.8) is 0 Å². The van der Waals surface area contributed by atoms with Crippen molar-refractivity contribution in [2.45, 2.75) is 19.8 Å². The molecule has 2 heteroatoms. The maximum atomic E-state index is 4.32. The molecule has 0 bridgehead atoms. The molecule has 0 aromatic rings. The van der Waals surface area contributed by atoms with Gasteiger partial charge in [0.25, 0.3) is 0 Å². The van der Waals surface area contributed by atoms with Crippen molar-refractivity contribution in [1.82, 2.24) is 5.32 Å². The van der Waals surface area contributed by atoms with E-state index in [0.29, 0.717) is 0 Å². The van der Waals surface area contributed by atoms with E-state index in [1.807, 2.05) is 7.05 Å². The molecule has 0 aliphatic carbocycles. The van der Waals surface area contributed by atoms with E-state index in [0.717, 1.165) is 13.0 Å². The molecule has 1 N–H and O–H groups in total. The third kappa shape index (κ3) is 1.87. The highest BCUT2D eigenvalue weighted by atomic mass is 14.8. The van der Waals surface area contributed by atoms with Crippen molar-refractivity contribution in [2.24, 2.45) is 4.99 Å². The molecule has 56 valence electrons. The molecule has 0 fully saturated rings. The van der Waals surface area contributed by atoms with Gasteiger partial charge in [0.05, 0.1) is 0 Å². The van der Waals surface area contributed by atoms with Gasteiger partial charge in [-0.15, -0.1) is 0 Å². The zero-order chi connectivity index (χ0) is 7.40. The van der Waals surface area contributed by atoms with E-state index in [9.17, 15) is 0 Å². The molecular formula is C8H14N2. The minimum atomic E-state index is 1.02. The minimum absolute atomic E-state index is 1.02. The van der Waals surface area contributed by atoms with Crippen molar-refractivity contribution in [1.29, 1.82) is 0 Å². The predicted octanol–water partition coefficient (Wildman–Crippen LogP) is 1.34. The van der Waals surface area contributed by atoms with Crippen molar-refractivity contribution in [3.05, 3.63) is 11.8 Å². The second-order valence-corrected chi connectivity index (χ2v) is 2.55. The summed E-state index contributed by atoms with van der Waals surface area (Å²) in [7, 11) is 1.93. The molecule has 0 aromatic carbocycles. The Morgan fingerprint density at radius 1 is 1.70 bits per heavy atom. The lowest BCUT2D eigenvalue weighted by Crippen LogP contribution is -2.03. The Bertz CT molecular complexity index is 168. The van der Waals surface area contributed by atoms with Crippen LogP contribution in [0.5, 0.6) is 0 Å². The summed E-state index contributed by atoms with van der Waals surface area (Å²) in [5, 5.41) is 3.07. The third-order valence-corrected chi connectivity index (χ3v) is 1.68. The fourth-order valence-corrected chi connectivity index (χ4v) is 1.00. The van der Waals surface area contributed by atoms with Crippen LogP contribution in [0.2, 0.25) is 0 Å². The normalized spacial score (nSPS) is 19.0. The number of nitrogens with one attached hydrogen (secondary N) is 1. The molecule has 2 nitrogen and oxygen atoms in total. The van der Waals surface area contributed by atoms with Crippen LogP contribution < -0.4 is 5.32 Å². The smallest absolute Gasteiger partial charge is 0.0396 e. The molecule has 0 amide bonds. The van der Waals surface area contributed by atoms with Crippen LogP contribution in [-0.2, 0) is 0 Å². The molecule has 0 spiro atoms. The summed E-state index contributed by atoms with van der Waals surface area (Å²) in [6, 6.07) is 0. The first kappa shape index (κ1) is 7.32. The standard InChI is InChI=1S/C8H14N2/c1-7(9-2)6-8-4-3-5-10-8/h6,9H,3-5H2,1-2H3/b7-6-. The SMILES string of the molecule is CN/C(C)=C\C1=NCCC1. The summed E-state index contributed by atoms with van der Waals surface area (Å²) in [5.74, 6) is 0. The molecular weight excluding hydrogens is 124 g/mol. The van der Waals surface area contributed by atoms with Gasteiger partial charge >= 0.3 is 0 Å². The predicted molar refractivity (Wildman–Crippen MR) is 44.4 cm³/mol. The molecule has 0 radical (unpaired) electrons. The maximum absolute atomic E-state index is 4.32. The van der Waals surface area contributed by atoms with Gasteiger partial charge in [0, 0.05) is 25.0 Å². The number of rotatable bonds is 2. The second kappa shape index (κ2) is 3.40. The molecule has 0 saturated heterocycles. The topological polar surface area (TPSA) is 24.4 Å². The number of hydrogen-bond acceptors (Lipinski definition) is 2. The van der Waals surface area contributed by atoms with E-state index in [4.69, 9.17) is 0 Å². The third-order valence-electron chi connectivity index (χ3n) is 1.68. The maximum Gasteiger partial charge on any atom is 0.0396 e. The van der Waals surface area contributed by atoms with Crippen LogP contribution in [0.1, 0.15) is 19.8 Å². The Hall–Kier alpha value is -0.790. The van der Waals surface area contributed by atoms with Crippen LogP contribution in [0.3, 0.4) is 0 Å². The molecule has 0 saturated carbocycles. The number of hydrogen-bond donors (Lipinski definition) is 1. The Balaban J connectivity index is 2.50. The van der Waals surface area contributed by atoms with Gasteiger partial charge in [-0.25, -0.2) is 0 Å². The molecule has 1 heterocycles. The minimum Gasteiger partial charge on any atom is -0.392 e. The second-order valence-electron chi connectivity index (χ2n) is 2.55. The Kier molecular flexibility index (Phi) is 2.49. The van der Waals surface area contributed by atoms with E-state index in [1.165, 1.54) is 17.8 Å². The average Bonchev–Trinajstić information content (AvgIpc) is 2.40. The van der Waals surface area contributed by atoms with Gasteiger partial charge in [-0.3, -0.25) is 4.99 Å². The number of aliphatic imine (C=N–C) groups is 1. The fourth-order valence-electron chi connectivity index (χ4n) is 1.00. The van der Waals surface area contributed by atoms with Crippen molar-refractivity contribution >= 4 is 5.71 Å². The molecule has 0 atom stereocenters. The summed E-state index contributed by atoms with van der Waals surface area (Å²) in [6.45, 7) is 3.07. The van der Waals surface area contributed by atoms with Crippen LogP contribution in [0, 0.1) is 0 Å². The molecule has 1 aliphatic rings. The lowest BCUT2D eigenvalue weighted by Gasteiger charge is -1.97. The van der Waals surface area contributed by atoms with Gasteiger partial charge in [-0.1, -0.05) is 0 Å². The Labute approximate surface area is 62.0 Å². The molecule has 0 aromatic heterocycles. The first-order valence-corrected chi connectivity index (χ1v) is 3.72. The van der Waals surface area contributed by atoms with Crippen LogP contribution >= 0.6 is 0 Å². The largest absolute Gasteiger partial charge is 0.392 e. The summed E-state index contributed by atoms with van der Waals surface area (Å²) >= 11 is 0. The van der Waals surface area contributed by atoms with Gasteiger partial charge in [0.1, 0.15) is 0 Å². The van der Waals surface area contributed by atoms with E-state index in [1.54, 1.807) is 0 Å². The highest BCUT2D eigenvalue weighted by molar-refractivity contribution is 5.96. The monoisotopic (exact) mass is 138 g/mol. The van der Waals surface area contributed by atoms with Crippen LogP contribution in [0.15, 0.2) is 16.8 Å². The van der Waals surface area contributed by atoms with Crippen molar-refractivity contribution in [2.75, 3.05) is 13.6 Å². The van der Waals surface area contributed by atoms with Crippen molar-refractivity contribution < 1.29 is 0 Å². The highest BCUT2D eigenvalue weighted by Crippen LogP contribution is 2.05. The van der Waals surface area contributed by atoms with Crippen LogP contribution in [0.25, 0.3) is 0 Å². The van der Waals surface area contributed by atoms with E-state index >= 15 is 0 Å². The molecule has 0 unspecified atom stereocenters. The van der Waals surface area contributed by atoms with Crippen molar-refractivity contribution in [3.8, 4) is 0 Å². The summed E-state index contributed by atoms with van der Waals surface area (Å²) in [6.07, 6.45) is 4.49. The van der Waals surface area contributed by atoms with E-state index in [2.05, 4.69) is 23.3 Å². The van der Waals surface area contributed by atoms with E-state index < -0.39 is 0 Å². The number of allylic oxidation sites excluding steroid dienone is 2. The Morgan fingerprint density at radius 3 is 3.00 bits per heavy atom. The average molecular weight is 138 g/mol. The van der Waals surface area contributed by atoms with E-state index in [-0.39, 0.29) is 0 Å². The number of nitrogens with zero attached hydrogens (tertiary/aromatic N) is 1. The van der Waals surface area contributed by atoms with Gasteiger partial charge in [-0.2, -0.15) is 0 Å². The zero-order valence-corrected chi connectivity index (χ0v) is 6.65. The molecule has 1 aliphatic heterocycles.